The molecular formula is C14H12ClNO5S. The zero-order chi connectivity index (χ0) is 16.3. The molecule has 0 atom stereocenters. The fourth-order valence-electron chi connectivity index (χ4n) is 1.70. The number of ether oxygens (including phenoxy) is 1. The number of benzene rings is 2. The highest BCUT2D eigenvalue weighted by atomic mass is 35.5. The highest BCUT2D eigenvalue weighted by Gasteiger charge is 2.14. The lowest BCUT2D eigenvalue weighted by Gasteiger charge is -2.09. The number of methoxy groups -OCH3 is 1. The normalized spacial score (nSPS) is 11.0. The van der Waals surface area contributed by atoms with E-state index in [1.807, 2.05) is 0 Å². The van der Waals surface area contributed by atoms with Gasteiger partial charge in [0, 0.05) is 5.56 Å². The van der Waals surface area contributed by atoms with Crippen LogP contribution in [0.5, 0.6) is 5.75 Å². The van der Waals surface area contributed by atoms with E-state index in [-0.39, 0.29) is 15.6 Å². The predicted molar refractivity (Wildman–Crippen MR) is 82.2 cm³/mol. The molecule has 2 aromatic rings. The molecule has 2 rings (SSSR count). The summed E-state index contributed by atoms with van der Waals surface area (Å²) in [5.41, 5.74) is 0.423. The van der Waals surface area contributed by atoms with Crippen LogP contribution in [0.1, 0.15) is 10.4 Å². The Bertz CT molecular complexity index is 802. The number of halogens is 1. The van der Waals surface area contributed by atoms with Crippen molar-refractivity contribution in [2.75, 3.05) is 12.4 Å². The monoisotopic (exact) mass is 341 g/mol. The van der Waals surface area contributed by atoms with Gasteiger partial charge < -0.3 is 10.1 Å². The summed E-state index contributed by atoms with van der Waals surface area (Å²) in [6, 6.07) is 9.83. The van der Waals surface area contributed by atoms with E-state index in [2.05, 4.69) is 5.32 Å². The lowest BCUT2D eigenvalue weighted by atomic mass is 10.2. The molecule has 0 bridgehead atoms. The maximum atomic E-state index is 12.1. The minimum absolute atomic E-state index is 0.0811. The van der Waals surface area contributed by atoms with Crippen LogP contribution < -0.4 is 10.1 Å². The van der Waals surface area contributed by atoms with Gasteiger partial charge in [-0.25, -0.2) is 0 Å². The Balaban J connectivity index is 2.27. The van der Waals surface area contributed by atoms with Crippen molar-refractivity contribution >= 4 is 33.3 Å². The zero-order valence-corrected chi connectivity index (χ0v) is 13.0. The van der Waals surface area contributed by atoms with Crippen molar-refractivity contribution in [3.8, 4) is 5.75 Å². The van der Waals surface area contributed by atoms with Crippen LogP contribution in [0.3, 0.4) is 0 Å². The Kier molecular flexibility index (Phi) is 4.70. The van der Waals surface area contributed by atoms with E-state index in [1.54, 1.807) is 24.3 Å². The third-order valence-electron chi connectivity index (χ3n) is 2.84. The maximum Gasteiger partial charge on any atom is 0.294 e. The standard InChI is InChI=1S/C14H12ClNO5S/c1-21-10-4-2-9(3-5-10)14(17)16-13-8-11(22(18,19)20)6-7-12(13)15/h2-8H,1H3,(H,16,17)(H,18,19,20). The van der Waals surface area contributed by atoms with Crippen molar-refractivity contribution in [1.82, 2.24) is 0 Å². The first kappa shape index (κ1) is 16.3. The van der Waals surface area contributed by atoms with Gasteiger partial charge in [-0.3, -0.25) is 9.35 Å². The van der Waals surface area contributed by atoms with Gasteiger partial charge in [0.25, 0.3) is 16.0 Å². The molecule has 8 heteroatoms. The molecule has 116 valence electrons. The van der Waals surface area contributed by atoms with Crippen LogP contribution in [0.4, 0.5) is 5.69 Å². The third kappa shape index (κ3) is 3.76. The molecule has 0 unspecified atom stereocenters. The van der Waals surface area contributed by atoms with Crippen LogP contribution in [0.15, 0.2) is 47.4 Å². The molecule has 0 saturated carbocycles. The van der Waals surface area contributed by atoms with Gasteiger partial charge in [-0.2, -0.15) is 8.42 Å². The molecule has 0 aromatic heterocycles. The Morgan fingerprint density at radius 2 is 1.82 bits per heavy atom. The van der Waals surface area contributed by atoms with Gasteiger partial charge in [0.2, 0.25) is 0 Å². The molecule has 0 saturated heterocycles. The Morgan fingerprint density at radius 1 is 1.18 bits per heavy atom. The molecule has 0 spiro atoms. The molecule has 2 N–H and O–H groups in total. The molecule has 0 aliphatic carbocycles. The van der Waals surface area contributed by atoms with Crippen molar-refractivity contribution < 1.29 is 22.5 Å². The minimum Gasteiger partial charge on any atom is -0.497 e. The molecule has 0 aliphatic heterocycles. The number of anilines is 1. The van der Waals surface area contributed by atoms with Gasteiger partial charge in [-0.05, 0) is 42.5 Å². The van der Waals surface area contributed by atoms with Crippen LogP contribution in [-0.4, -0.2) is 26.0 Å². The van der Waals surface area contributed by atoms with Gasteiger partial charge in [-0.1, -0.05) is 11.6 Å². The number of amides is 1. The number of hydrogen-bond acceptors (Lipinski definition) is 4. The van der Waals surface area contributed by atoms with Gasteiger partial charge in [0.1, 0.15) is 5.75 Å². The van der Waals surface area contributed by atoms with Crippen molar-refractivity contribution in [3.63, 3.8) is 0 Å². The van der Waals surface area contributed by atoms with E-state index in [1.165, 1.54) is 13.2 Å². The van der Waals surface area contributed by atoms with E-state index in [0.717, 1.165) is 12.1 Å². The van der Waals surface area contributed by atoms with Gasteiger partial charge >= 0.3 is 0 Å². The number of carbonyl (C=O) groups is 1. The first-order chi connectivity index (χ1) is 10.3. The summed E-state index contributed by atoms with van der Waals surface area (Å²) >= 11 is 5.91. The smallest absolute Gasteiger partial charge is 0.294 e. The average molecular weight is 342 g/mol. The summed E-state index contributed by atoms with van der Waals surface area (Å²) in [4.78, 5) is 11.7. The lowest BCUT2D eigenvalue weighted by molar-refractivity contribution is 0.102. The summed E-state index contributed by atoms with van der Waals surface area (Å²) in [7, 11) is -2.87. The number of nitrogens with one attached hydrogen (secondary N) is 1. The molecular weight excluding hydrogens is 330 g/mol. The van der Waals surface area contributed by atoms with E-state index < -0.39 is 16.0 Å². The van der Waals surface area contributed by atoms with Crippen molar-refractivity contribution in [3.05, 3.63) is 53.1 Å². The highest BCUT2D eigenvalue weighted by Crippen LogP contribution is 2.26. The predicted octanol–water partition coefficient (Wildman–Crippen LogP) is 2.85. The van der Waals surface area contributed by atoms with Crippen molar-refractivity contribution in [2.45, 2.75) is 4.90 Å². The SMILES string of the molecule is COc1ccc(C(=O)Nc2cc(S(=O)(=O)O)ccc2Cl)cc1. The quantitative estimate of drug-likeness (QED) is 0.834. The number of rotatable bonds is 4. The fourth-order valence-corrected chi connectivity index (χ4v) is 2.37. The molecule has 0 radical (unpaired) electrons. The topological polar surface area (TPSA) is 92.7 Å². The Morgan fingerprint density at radius 3 is 2.36 bits per heavy atom. The second-order valence-electron chi connectivity index (χ2n) is 4.30. The number of carbonyl (C=O) groups excluding carboxylic acids is 1. The van der Waals surface area contributed by atoms with Crippen molar-refractivity contribution in [1.29, 1.82) is 0 Å². The molecule has 0 fully saturated rings. The molecule has 0 heterocycles. The summed E-state index contributed by atoms with van der Waals surface area (Å²) in [5, 5.41) is 2.64. The Hall–Kier alpha value is -2.09. The van der Waals surface area contributed by atoms with E-state index >= 15 is 0 Å². The minimum atomic E-state index is -4.38. The summed E-state index contributed by atoms with van der Waals surface area (Å²) in [6.45, 7) is 0. The molecule has 0 aliphatic rings. The molecule has 22 heavy (non-hydrogen) atoms. The van der Waals surface area contributed by atoms with Gasteiger partial charge in [0.05, 0.1) is 22.7 Å². The third-order valence-corrected chi connectivity index (χ3v) is 4.02. The van der Waals surface area contributed by atoms with E-state index in [0.29, 0.717) is 11.3 Å². The summed E-state index contributed by atoms with van der Waals surface area (Å²) in [6.07, 6.45) is 0. The average Bonchev–Trinajstić information content (AvgIpc) is 2.48. The van der Waals surface area contributed by atoms with Crippen LogP contribution in [0.25, 0.3) is 0 Å². The van der Waals surface area contributed by atoms with Crippen LogP contribution in [-0.2, 0) is 10.1 Å². The molecule has 6 nitrogen and oxygen atoms in total. The first-order valence-electron chi connectivity index (χ1n) is 6.03. The van der Waals surface area contributed by atoms with Crippen LogP contribution >= 0.6 is 11.6 Å². The second-order valence-corrected chi connectivity index (χ2v) is 6.13. The lowest BCUT2D eigenvalue weighted by Crippen LogP contribution is -2.12. The number of hydrogen-bond donors (Lipinski definition) is 2. The van der Waals surface area contributed by atoms with Gasteiger partial charge in [-0.15, -0.1) is 0 Å². The van der Waals surface area contributed by atoms with E-state index in [4.69, 9.17) is 20.9 Å². The maximum absolute atomic E-state index is 12.1. The highest BCUT2D eigenvalue weighted by molar-refractivity contribution is 7.85. The van der Waals surface area contributed by atoms with Crippen molar-refractivity contribution in [2.24, 2.45) is 0 Å². The Labute approximate surface area is 132 Å². The van der Waals surface area contributed by atoms with E-state index in [9.17, 15) is 13.2 Å². The molecule has 1 amide bonds. The fraction of sp³-hybridized carbons (Fsp3) is 0.0714. The first-order valence-corrected chi connectivity index (χ1v) is 7.85. The summed E-state index contributed by atoms with van der Waals surface area (Å²) < 4.78 is 36.2. The van der Waals surface area contributed by atoms with Crippen LogP contribution in [0, 0.1) is 0 Å². The second kappa shape index (κ2) is 6.35. The summed E-state index contributed by atoms with van der Waals surface area (Å²) in [5.74, 6) is 0.125. The van der Waals surface area contributed by atoms with Crippen LogP contribution in [0.2, 0.25) is 5.02 Å². The molecule has 2 aromatic carbocycles. The van der Waals surface area contributed by atoms with Gasteiger partial charge in [0.15, 0.2) is 0 Å². The zero-order valence-electron chi connectivity index (χ0n) is 11.4. The largest absolute Gasteiger partial charge is 0.497 e.